The molecule has 0 saturated heterocycles. The van der Waals surface area contributed by atoms with E-state index in [9.17, 15) is 5.11 Å². The van der Waals surface area contributed by atoms with Crippen LogP contribution in [0, 0.1) is 5.92 Å². The summed E-state index contributed by atoms with van der Waals surface area (Å²) in [6.07, 6.45) is 4.38. The van der Waals surface area contributed by atoms with Gasteiger partial charge in [0, 0.05) is 0 Å². The van der Waals surface area contributed by atoms with E-state index in [4.69, 9.17) is 5.73 Å². The molecule has 2 nitrogen and oxygen atoms in total. The van der Waals surface area contributed by atoms with Crippen molar-refractivity contribution in [3.05, 3.63) is 29.3 Å². The van der Waals surface area contributed by atoms with E-state index < -0.39 is 0 Å². The van der Waals surface area contributed by atoms with Gasteiger partial charge in [-0.3, -0.25) is 0 Å². The third kappa shape index (κ3) is 1.75. The summed E-state index contributed by atoms with van der Waals surface area (Å²) in [7, 11) is 0. The Labute approximate surface area is 84.7 Å². The van der Waals surface area contributed by atoms with Crippen molar-refractivity contribution < 1.29 is 5.11 Å². The highest BCUT2D eigenvalue weighted by atomic mass is 16.3. The number of fused-ring (bicyclic) bond motifs is 1. The summed E-state index contributed by atoms with van der Waals surface area (Å²) in [6.45, 7) is 0.758. The van der Waals surface area contributed by atoms with Gasteiger partial charge in [-0.25, -0.2) is 0 Å². The van der Waals surface area contributed by atoms with Crippen molar-refractivity contribution in [2.24, 2.45) is 11.7 Å². The molecule has 1 aromatic rings. The molecular weight excluding hydrogens is 174 g/mol. The molecule has 2 heteroatoms. The fourth-order valence-corrected chi connectivity index (χ4v) is 2.32. The largest absolute Gasteiger partial charge is 0.508 e. The van der Waals surface area contributed by atoms with E-state index in [0.717, 1.165) is 31.4 Å². The van der Waals surface area contributed by atoms with Crippen molar-refractivity contribution in [3.63, 3.8) is 0 Å². The Balaban J connectivity index is 2.20. The van der Waals surface area contributed by atoms with Crippen LogP contribution in [0.25, 0.3) is 0 Å². The van der Waals surface area contributed by atoms with Gasteiger partial charge in [0.05, 0.1) is 0 Å². The predicted molar refractivity (Wildman–Crippen MR) is 57.3 cm³/mol. The fraction of sp³-hybridized carbons (Fsp3) is 0.500. The molecule has 14 heavy (non-hydrogen) atoms. The van der Waals surface area contributed by atoms with Crippen LogP contribution in [-0.2, 0) is 12.8 Å². The number of aryl methyl sites for hydroxylation is 1. The Morgan fingerprint density at radius 3 is 3.07 bits per heavy atom. The molecule has 1 aromatic carbocycles. The average molecular weight is 191 g/mol. The summed E-state index contributed by atoms with van der Waals surface area (Å²) in [4.78, 5) is 0. The van der Waals surface area contributed by atoms with Crippen LogP contribution in [0.15, 0.2) is 18.2 Å². The monoisotopic (exact) mass is 191 g/mol. The number of hydrogen-bond acceptors (Lipinski definition) is 2. The molecule has 0 aromatic heterocycles. The minimum atomic E-state index is 0.462. The van der Waals surface area contributed by atoms with Gasteiger partial charge in [0.1, 0.15) is 5.75 Å². The molecular formula is C12H17NO. The van der Waals surface area contributed by atoms with Crippen LogP contribution in [0.5, 0.6) is 5.75 Å². The number of phenols is 1. The smallest absolute Gasteiger partial charge is 0.119 e. The van der Waals surface area contributed by atoms with Gasteiger partial charge in [-0.2, -0.15) is 0 Å². The zero-order chi connectivity index (χ0) is 9.97. The number of benzene rings is 1. The zero-order valence-corrected chi connectivity index (χ0v) is 8.37. The first-order chi connectivity index (χ1) is 6.81. The molecule has 1 unspecified atom stereocenters. The molecule has 3 N–H and O–H groups in total. The van der Waals surface area contributed by atoms with Crippen molar-refractivity contribution in [2.45, 2.75) is 25.7 Å². The zero-order valence-electron chi connectivity index (χ0n) is 8.37. The van der Waals surface area contributed by atoms with Gasteiger partial charge in [-0.1, -0.05) is 12.1 Å². The molecule has 0 spiro atoms. The molecule has 1 aliphatic carbocycles. The molecule has 1 atom stereocenters. The molecule has 2 rings (SSSR count). The van der Waals surface area contributed by atoms with Gasteiger partial charge in [0.15, 0.2) is 0 Å². The first-order valence-electron chi connectivity index (χ1n) is 5.31. The Morgan fingerprint density at radius 2 is 2.29 bits per heavy atom. The summed E-state index contributed by atoms with van der Waals surface area (Å²) < 4.78 is 0. The van der Waals surface area contributed by atoms with Crippen molar-refractivity contribution in [1.82, 2.24) is 0 Å². The van der Waals surface area contributed by atoms with Crippen LogP contribution in [0.2, 0.25) is 0 Å². The Kier molecular flexibility index (Phi) is 2.73. The van der Waals surface area contributed by atoms with Crippen LogP contribution in [0.1, 0.15) is 24.0 Å². The number of aromatic hydroxyl groups is 1. The highest BCUT2D eigenvalue weighted by Crippen LogP contribution is 2.32. The first-order valence-corrected chi connectivity index (χ1v) is 5.31. The van der Waals surface area contributed by atoms with Crippen molar-refractivity contribution in [1.29, 1.82) is 0 Å². The maximum absolute atomic E-state index is 9.71. The lowest BCUT2D eigenvalue weighted by Gasteiger charge is -2.24. The highest BCUT2D eigenvalue weighted by molar-refractivity contribution is 5.40. The molecule has 0 radical (unpaired) electrons. The third-order valence-corrected chi connectivity index (χ3v) is 3.14. The van der Waals surface area contributed by atoms with E-state index in [1.807, 2.05) is 6.07 Å². The molecule has 0 aliphatic heterocycles. The summed E-state index contributed by atoms with van der Waals surface area (Å²) in [5, 5.41) is 9.71. The average Bonchev–Trinajstić information content (AvgIpc) is 2.20. The lowest BCUT2D eigenvalue weighted by molar-refractivity contribution is 0.408. The lowest BCUT2D eigenvalue weighted by Crippen LogP contribution is -2.17. The van der Waals surface area contributed by atoms with E-state index in [0.29, 0.717) is 11.7 Å². The number of hydrogen-bond donors (Lipinski definition) is 2. The second-order valence-corrected chi connectivity index (χ2v) is 4.10. The van der Waals surface area contributed by atoms with Crippen LogP contribution in [0.3, 0.4) is 0 Å². The summed E-state index contributed by atoms with van der Waals surface area (Å²) in [6, 6.07) is 5.83. The van der Waals surface area contributed by atoms with E-state index in [1.54, 1.807) is 6.07 Å². The molecule has 1 aliphatic rings. The van der Waals surface area contributed by atoms with Gasteiger partial charge >= 0.3 is 0 Å². The van der Waals surface area contributed by atoms with Crippen LogP contribution in [-0.4, -0.2) is 11.7 Å². The molecule has 76 valence electrons. The number of rotatable bonds is 2. The Hall–Kier alpha value is -1.02. The lowest BCUT2D eigenvalue weighted by atomic mass is 9.82. The van der Waals surface area contributed by atoms with Crippen molar-refractivity contribution in [2.75, 3.05) is 6.54 Å². The van der Waals surface area contributed by atoms with Crippen LogP contribution < -0.4 is 5.73 Å². The topological polar surface area (TPSA) is 46.2 Å². The molecule has 0 heterocycles. The quantitative estimate of drug-likeness (QED) is 0.749. The number of nitrogens with two attached hydrogens (primary N) is 1. The van der Waals surface area contributed by atoms with Gasteiger partial charge in [-0.15, -0.1) is 0 Å². The second-order valence-electron chi connectivity index (χ2n) is 4.10. The van der Waals surface area contributed by atoms with Crippen LogP contribution in [0.4, 0.5) is 0 Å². The Bertz CT molecular complexity index is 322. The van der Waals surface area contributed by atoms with Gasteiger partial charge in [-0.05, 0) is 55.3 Å². The van der Waals surface area contributed by atoms with E-state index in [-0.39, 0.29) is 0 Å². The molecule has 0 saturated carbocycles. The van der Waals surface area contributed by atoms with Gasteiger partial charge in [0.25, 0.3) is 0 Å². The second kappa shape index (κ2) is 4.01. The molecule has 0 bridgehead atoms. The van der Waals surface area contributed by atoms with E-state index in [2.05, 4.69) is 6.07 Å². The van der Waals surface area contributed by atoms with Gasteiger partial charge in [0.2, 0.25) is 0 Å². The summed E-state index contributed by atoms with van der Waals surface area (Å²) in [5.74, 6) is 1.13. The fourth-order valence-electron chi connectivity index (χ4n) is 2.32. The summed E-state index contributed by atoms with van der Waals surface area (Å²) >= 11 is 0. The number of phenolic OH excluding ortho intramolecular Hbond substituents is 1. The SMILES string of the molecule is NCCC1CCc2cccc(O)c2C1. The van der Waals surface area contributed by atoms with Crippen LogP contribution >= 0.6 is 0 Å². The summed E-state index contributed by atoms with van der Waals surface area (Å²) in [5.41, 5.74) is 8.02. The van der Waals surface area contributed by atoms with Gasteiger partial charge < -0.3 is 10.8 Å². The Morgan fingerprint density at radius 1 is 1.43 bits per heavy atom. The maximum Gasteiger partial charge on any atom is 0.119 e. The minimum absolute atomic E-state index is 0.462. The third-order valence-electron chi connectivity index (χ3n) is 3.14. The van der Waals surface area contributed by atoms with E-state index in [1.165, 1.54) is 12.0 Å². The van der Waals surface area contributed by atoms with E-state index >= 15 is 0 Å². The first kappa shape index (κ1) is 9.53. The van der Waals surface area contributed by atoms with Crippen molar-refractivity contribution >= 4 is 0 Å². The molecule has 0 amide bonds. The standard InChI is InChI=1S/C12H17NO/c13-7-6-9-4-5-10-2-1-3-12(14)11(10)8-9/h1-3,9,14H,4-8,13H2. The normalized spacial score (nSPS) is 20.5. The van der Waals surface area contributed by atoms with Crippen molar-refractivity contribution in [3.8, 4) is 5.75 Å². The highest BCUT2D eigenvalue weighted by Gasteiger charge is 2.19. The maximum atomic E-state index is 9.71. The molecule has 0 fully saturated rings. The predicted octanol–water partition coefficient (Wildman–Crippen LogP) is 1.85. The minimum Gasteiger partial charge on any atom is -0.508 e.